The third-order valence-electron chi connectivity index (χ3n) is 2.61. The van der Waals surface area contributed by atoms with Crippen molar-refractivity contribution >= 4 is 22.2 Å². The molecule has 0 aromatic rings. The van der Waals surface area contributed by atoms with Crippen molar-refractivity contribution in [3.8, 4) is 0 Å². The monoisotopic (exact) mass is 292 g/mol. The van der Waals surface area contributed by atoms with Crippen LogP contribution in [0.4, 0.5) is 0 Å². The van der Waals surface area contributed by atoms with Crippen LogP contribution in [-0.2, 0) is 14.6 Å². The average Bonchev–Trinajstić information content (AvgIpc) is 2.12. The maximum Gasteiger partial charge on any atom is 0.397 e. The van der Waals surface area contributed by atoms with Gasteiger partial charge in [0.15, 0.2) is 11.8 Å². The molecule has 7 nitrogen and oxygen atoms in total. The number of hydrogen-bond acceptors (Lipinski definition) is 5. The highest BCUT2D eigenvalue weighted by atomic mass is 35.5. The molecule has 0 aliphatic rings. The zero-order valence-corrected chi connectivity index (χ0v) is 11.6. The van der Waals surface area contributed by atoms with Crippen LogP contribution < -0.4 is 0 Å². The normalized spacial score (nSPS) is 18.8. The second-order valence-corrected chi connectivity index (χ2v) is 6.43. The van der Waals surface area contributed by atoms with Crippen LogP contribution in [0.25, 0.3) is 0 Å². The van der Waals surface area contributed by atoms with E-state index >= 15 is 0 Å². The van der Waals surface area contributed by atoms with E-state index in [-0.39, 0.29) is 17.2 Å². The largest absolute Gasteiger partial charge is 0.397 e. The minimum absolute atomic E-state index is 0.0510. The minimum Gasteiger partial charge on any atom is -0.390 e. The van der Waals surface area contributed by atoms with Crippen LogP contribution in [0, 0.1) is 0 Å². The maximum absolute atomic E-state index is 10.3. The topological polar surface area (TPSA) is 104 Å². The summed E-state index contributed by atoms with van der Waals surface area (Å²) in [5.41, 5.74) is -0.722. The fraction of sp³-hybridized carbons (Fsp3) is 1.00. The third-order valence-corrected chi connectivity index (χ3v) is 3.64. The first-order chi connectivity index (χ1) is 7.41. The summed E-state index contributed by atoms with van der Waals surface area (Å²) >= 11 is 6.12. The summed E-state index contributed by atoms with van der Waals surface area (Å²) < 4.78 is 32.7. The molecule has 104 valence electrons. The van der Waals surface area contributed by atoms with Crippen LogP contribution >= 0.6 is 11.8 Å². The number of aliphatic hydroxyl groups excluding tert-OH is 2. The Morgan fingerprint density at radius 2 is 1.94 bits per heavy atom. The number of likely N-dealkylation sites (N-methyl/N-ethyl adjacent to an activating group) is 1. The SMILES string of the molecule is CC(C)(CO)[N+](C)(Cl)CC(O)COS(=O)(=O)O. The van der Waals surface area contributed by atoms with Crippen molar-refractivity contribution < 1.29 is 31.4 Å². The van der Waals surface area contributed by atoms with E-state index in [0.29, 0.717) is 0 Å². The summed E-state index contributed by atoms with van der Waals surface area (Å²) in [5.74, 6) is 0. The van der Waals surface area contributed by atoms with Gasteiger partial charge in [0.25, 0.3) is 0 Å². The van der Waals surface area contributed by atoms with Gasteiger partial charge in [-0.2, -0.15) is 8.42 Å². The molecule has 0 heterocycles. The van der Waals surface area contributed by atoms with E-state index in [1.807, 2.05) is 0 Å². The van der Waals surface area contributed by atoms with E-state index in [0.717, 1.165) is 0 Å². The van der Waals surface area contributed by atoms with Crippen molar-refractivity contribution in [2.24, 2.45) is 0 Å². The summed E-state index contributed by atoms with van der Waals surface area (Å²) in [5, 5.41) is 18.7. The molecule has 0 aliphatic heterocycles. The zero-order chi connectivity index (χ0) is 13.9. The van der Waals surface area contributed by atoms with Gasteiger partial charge in [-0.1, -0.05) is 0 Å². The van der Waals surface area contributed by atoms with E-state index in [9.17, 15) is 13.5 Å². The first-order valence-corrected chi connectivity index (χ1v) is 6.58. The molecule has 9 heteroatoms. The number of rotatable bonds is 7. The Bertz CT molecular complexity index is 342. The van der Waals surface area contributed by atoms with Crippen molar-refractivity contribution in [3.63, 3.8) is 0 Å². The lowest BCUT2D eigenvalue weighted by atomic mass is 10.0. The lowest BCUT2D eigenvalue weighted by molar-refractivity contribution is -0.852. The van der Waals surface area contributed by atoms with Crippen molar-refractivity contribution in [1.82, 2.24) is 0 Å². The van der Waals surface area contributed by atoms with Gasteiger partial charge in [0.05, 0.1) is 13.7 Å². The highest BCUT2D eigenvalue weighted by Gasteiger charge is 2.41. The number of halogens is 1. The van der Waals surface area contributed by atoms with Crippen LogP contribution in [0.5, 0.6) is 0 Å². The Hall–Kier alpha value is 0.0400. The van der Waals surface area contributed by atoms with Crippen LogP contribution in [-0.4, -0.2) is 65.6 Å². The lowest BCUT2D eigenvalue weighted by Gasteiger charge is -2.39. The van der Waals surface area contributed by atoms with Crippen molar-refractivity contribution in [1.29, 1.82) is 0 Å². The van der Waals surface area contributed by atoms with E-state index in [2.05, 4.69) is 4.18 Å². The van der Waals surface area contributed by atoms with E-state index in [1.165, 1.54) is 0 Å². The molecule has 0 fully saturated rings. The Kier molecular flexibility index (Phi) is 5.80. The zero-order valence-electron chi connectivity index (χ0n) is 10.00. The average molecular weight is 293 g/mol. The highest BCUT2D eigenvalue weighted by Crippen LogP contribution is 2.26. The Morgan fingerprint density at radius 1 is 1.47 bits per heavy atom. The molecule has 2 atom stereocenters. The van der Waals surface area contributed by atoms with Gasteiger partial charge < -0.3 is 10.2 Å². The Morgan fingerprint density at radius 3 is 2.29 bits per heavy atom. The second-order valence-electron chi connectivity index (χ2n) is 4.59. The molecule has 0 aliphatic carbocycles. The first kappa shape index (κ1) is 17.0. The number of quaternary nitrogens is 1. The van der Waals surface area contributed by atoms with Crippen LogP contribution in [0.15, 0.2) is 0 Å². The maximum atomic E-state index is 10.3. The van der Waals surface area contributed by atoms with E-state index in [4.69, 9.17) is 21.4 Å². The van der Waals surface area contributed by atoms with Gasteiger partial charge in [-0.3, -0.25) is 4.55 Å². The summed E-state index contributed by atoms with van der Waals surface area (Å²) in [4.78, 5) is 0. The predicted molar refractivity (Wildman–Crippen MR) is 61.6 cm³/mol. The fourth-order valence-corrected chi connectivity index (χ4v) is 1.55. The molecule has 3 N–H and O–H groups in total. The number of nitrogens with zero attached hydrogens (tertiary/aromatic N) is 1. The molecular formula is C8H19ClNO6S+. The summed E-state index contributed by atoms with van der Waals surface area (Å²) in [6, 6.07) is 0. The molecule has 0 amide bonds. The summed E-state index contributed by atoms with van der Waals surface area (Å²) in [6.07, 6.45) is -1.19. The third kappa shape index (κ3) is 5.96. The van der Waals surface area contributed by atoms with Gasteiger partial charge >= 0.3 is 10.4 Å². The van der Waals surface area contributed by atoms with Gasteiger partial charge in [-0.15, -0.1) is 0 Å². The quantitative estimate of drug-likeness (QED) is 0.433. The Balaban J connectivity index is 4.43. The highest BCUT2D eigenvalue weighted by molar-refractivity contribution is 7.80. The number of aliphatic hydroxyl groups is 2. The predicted octanol–water partition coefficient (Wildman–Crippen LogP) is -0.462. The molecule has 2 unspecified atom stereocenters. The standard InChI is InChI=1S/C8H18ClNO6S/c1-8(2,6-11)10(3,9)4-7(12)5-16-17(13,14)15/h7,11-12H,4-6H2,1-3H3/p+1. The van der Waals surface area contributed by atoms with Crippen molar-refractivity contribution in [2.75, 3.05) is 26.8 Å². The van der Waals surface area contributed by atoms with Gasteiger partial charge in [-0.05, 0) is 13.8 Å². The molecule has 17 heavy (non-hydrogen) atoms. The molecule has 0 aromatic heterocycles. The Labute approximate surface area is 106 Å². The fourth-order valence-electron chi connectivity index (χ4n) is 1.01. The molecule has 0 saturated carbocycles. The molecule has 0 bridgehead atoms. The van der Waals surface area contributed by atoms with Crippen LogP contribution in [0.3, 0.4) is 0 Å². The molecular weight excluding hydrogens is 274 g/mol. The van der Waals surface area contributed by atoms with Crippen molar-refractivity contribution in [2.45, 2.75) is 25.5 Å². The smallest absolute Gasteiger partial charge is 0.390 e. The minimum atomic E-state index is -4.58. The summed E-state index contributed by atoms with van der Waals surface area (Å²) in [7, 11) is -3.01. The van der Waals surface area contributed by atoms with E-state index in [1.54, 1.807) is 20.9 Å². The molecule has 0 aromatic carbocycles. The molecule has 0 spiro atoms. The second kappa shape index (κ2) is 5.79. The van der Waals surface area contributed by atoms with Gasteiger partial charge in [0, 0.05) is 0 Å². The molecule has 0 radical (unpaired) electrons. The van der Waals surface area contributed by atoms with Crippen LogP contribution in [0.2, 0.25) is 0 Å². The summed E-state index contributed by atoms with van der Waals surface area (Å²) in [6.45, 7) is 2.52. The molecule has 0 saturated heterocycles. The lowest BCUT2D eigenvalue weighted by Crippen LogP contribution is -2.57. The first-order valence-electron chi connectivity index (χ1n) is 4.87. The van der Waals surface area contributed by atoms with Gasteiger partial charge in [0.1, 0.15) is 24.8 Å². The molecule has 0 rings (SSSR count). The van der Waals surface area contributed by atoms with Gasteiger partial charge in [0.2, 0.25) is 0 Å². The van der Waals surface area contributed by atoms with Crippen molar-refractivity contribution in [3.05, 3.63) is 0 Å². The van der Waals surface area contributed by atoms with Gasteiger partial charge in [-0.25, -0.2) is 8.19 Å². The van der Waals surface area contributed by atoms with Crippen LogP contribution in [0.1, 0.15) is 13.8 Å². The number of hydrogen-bond donors (Lipinski definition) is 3. The van der Waals surface area contributed by atoms with E-state index < -0.39 is 28.6 Å².